The highest BCUT2D eigenvalue weighted by Crippen LogP contribution is 2.37. The van der Waals surface area contributed by atoms with Crippen LogP contribution in [0, 0.1) is 3.57 Å². The maximum absolute atomic E-state index is 3.61. The zero-order chi connectivity index (χ0) is 9.42. The molecule has 0 aliphatic heterocycles. The molecule has 2 aromatic rings. The summed E-state index contributed by atoms with van der Waals surface area (Å²) >= 11 is 9.61. The summed E-state index contributed by atoms with van der Waals surface area (Å²) < 4.78 is 5.23. The number of fused-ring (bicyclic) bond motifs is 1. The van der Waals surface area contributed by atoms with Crippen LogP contribution < -0.4 is 0 Å². The van der Waals surface area contributed by atoms with Crippen molar-refractivity contribution >= 4 is 71.7 Å². The van der Waals surface area contributed by atoms with Crippen LogP contribution in [0.5, 0.6) is 0 Å². The van der Waals surface area contributed by atoms with E-state index >= 15 is 0 Å². The van der Waals surface area contributed by atoms with Crippen LogP contribution in [-0.4, -0.2) is 6.26 Å². The van der Waals surface area contributed by atoms with Crippen molar-refractivity contribution in [2.24, 2.45) is 0 Å². The van der Waals surface area contributed by atoms with Crippen molar-refractivity contribution in [3.05, 3.63) is 26.2 Å². The molecule has 0 amide bonds. The third-order valence-electron chi connectivity index (χ3n) is 1.77. The number of hydrogen-bond acceptors (Lipinski definition) is 2. The maximum Gasteiger partial charge on any atom is 0.0608 e. The van der Waals surface area contributed by atoms with Crippen LogP contribution in [-0.2, 0) is 0 Å². The lowest BCUT2D eigenvalue weighted by atomic mass is 10.3. The average molecular weight is 385 g/mol. The number of thioether (sulfide) groups is 1. The molecule has 0 radical (unpaired) electrons. The number of benzene rings is 1. The van der Waals surface area contributed by atoms with E-state index in [-0.39, 0.29) is 0 Å². The molecule has 0 fully saturated rings. The molecule has 0 saturated heterocycles. The SMILES string of the molecule is CSc1cc2c(Br)c(I)ccc2s1. The minimum absolute atomic E-state index is 1.22. The lowest BCUT2D eigenvalue weighted by molar-refractivity contribution is 1.67. The number of thiophene rings is 1. The van der Waals surface area contributed by atoms with Gasteiger partial charge >= 0.3 is 0 Å². The monoisotopic (exact) mass is 384 g/mol. The normalized spacial score (nSPS) is 11.0. The lowest BCUT2D eigenvalue weighted by Gasteiger charge is -1.95. The Morgan fingerprint density at radius 3 is 2.92 bits per heavy atom. The Hall–Kier alpha value is 0.740. The molecule has 68 valence electrons. The highest BCUT2D eigenvalue weighted by Gasteiger charge is 2.06. The van der Waals surface area contributed by atoms with Gasteiger partial charge in [0.15, 0.2) is 0 Å². The van der Waals surface area contributed by atoms with Gasteiger partial charge in [0.2, 0.25) is 0 Å². The summed E-state index contributed by atoms with van der Waals surface area (Å²) in [5, 5.41) is 1.33. The lowest BCUT2D eigenvalue weighted by Crippen LogP contribution is -1.72. The van der Waals surface area contributed by atoms with Crippen molar-refractivity contribution in [1.82, 2.24) is 0 Å². The molecule has 1 aromatic carbocycles. The van der Waals surface area contributed by atoms with Crippen LogP contribution in [0.4, 0.5) is 0 Å². The van der Waals surface area contributed by atoms with Crippen LogP contribution >= 0.6 is 61.6 Å². The van der Waals surface area contributed by atoms with Crippen molar-refractivity contribution in [2.75, 3.05) is 6.26 Å². The standard InChI is InChI=1S/C9H6BrIS2/c1-12-8-4-5-7(13-8)3-2-6(11)9(5)10/h2-4H,1H3. The summed E-state index contributed by atoms with van der Waals surface area (Å²) in [4.78, 5) is 0. The second-order valence-corrected chi connectivity index (χ2v) is 6.69. The van der Waals surface area contributed by atoms with Gasteiger partial charge in [0.1, 0.15) is 0 Å². The molecule has 0 nitrogen and oxygen atoms in total. The van der Waals surface area contributed by atoms with Gasteiger partial charge in [0.25, 0.3) is 0 Å². The average Bonchev–Trinajstić information content (AvgIpc) is 2.55. The van der Waals surface area contributed by atoms with Crippen LogP contribution in [0.1, 0.15) is 0 Å². The molecule has 2 rings (SSSR count). The molecule has 4 heteroatoms. The predicted molar refractivity (Wildman–Crippen MR) is 74.0 cm³/mol. The molecule has 0 N–H and O–H groups in total. The van der Waals surface area contributed by atoms with Gasteiger partial charge < -0.3 is 0 Å². The first-order valence-corrected chi connectivity index (χ1v) is 7.55. The van der Waals surface area contributed by atoms with Crippen LogP contribution in [0.3, 0.4) is 0 Å². The van der Waals surface area contributed by atoms with Crippen LogP contribution in [0.25, 0.3) is 10.1 Å². The van der Waals surface area contributed by atoms with Gasteiger partial charge in [0.05, 0.1) is 4.21 Å². The van der Waals surface area contributed by atoms with E-state index in [1.807, 2.05) is 11.3 Å². The Bertz CT molecular complexity index is 450. The second kappa shape index (κ2) is 4.08. The number of halogens is 2. The Morgan fingerprint density at radius 1 is 1.46 bits per heavy atom. The minimum atomic E-state index is 1.22. The van der Waals surface area contributed by atoms with Crippen molar-refractivity contribution in [2.45, 2.75) is 4.21 Å². The Labute approximate surface area is 107 Å². The third kappa shape index (κ3) is 1.91. The number of rotatable bonds is 1. The predicted octanol–water partition coefficient (Wildman–Crippen LogP) is 4.99. The topological polar surface area (TPSA) is 0 Å². The summed E-state index contributed by atoms with van der Waals surface area (Å²) in [6.45, 7) is 0. The molecular weight excluding hydrogens is 379 g/mol. The van der Waals surface area contributed by atoms with Gasteiger partial charge in [-0.15, -0.1) is 23.1 Å². The molecule has 0 spiro atoms. The quantitative estimate of drug-likeness (QED) is 0.493. The fourth-order valence-corrected chi connectivity index (χ4v) is 3.83. The van der Waals surface area contributed by atoms with E-state index in [4.69, 9.17) is 0 Å². The summed E-state index contributed by atoms with van der Waals surface area (Å²) in [6.07, 6.45) is 2.11. The summed E-state index contributed by atoms with van der Waals surface area (Å²) in [5.74, 6) is 0. The second-order valence-electron chi connectivity index (χ2n) is 2.54. The zero-order valence-corrected chi connectivity index (χ0v) is 12.2. The molecule has 0 aliphatic rings. The van der Waals surface area contributed by atoms with Gasteiger partial charge in [-0.3, -0.25) is 0 Å². The van der Waals surface area contributed by atoms with E-state index in [1.54, 1.807) is 11.8 Å². The number of hydrogen-bond donors (Lipinski definition) is 0. The molecule has 1 aromatic heterocycles. The van der Waals surface area contributed by atoms with Gasteiger partial charge in [-0.1, -0.05) is 0 Å². The highest BCUT2D eigenvalue weighted by atomic mass is 127. The molecule has 1 heterocycles. The summed E-state index contributed by atoms with van der Waals surface area (Å²) in [6, 6.07) is 6.58. The fraction of sp³-hybridized carbons (Fsp3) is 0.111. The van der Waals surface area contributed by atoms with Gasteiger partial charge in [-0.05, 0) is 63.0 Å². The fourth-order valence-electron chi connectivity index (χ4n) is 1.13. The first kappa shape index (κ1) is 10.3. The molecule has 0 atom stereocenters. The Balaban J connectivity index is 2.76. The Kier molecular flexibility index (Phi) is 3.22. The van der Waals surface area contributed by atoms with Gasteiger partial charge in [0, 0.05) is 18.1 Å². The van der Waals surface area contributed by atoms with E-state index in [0.717, 1.165) is 0 Å². The third-order valence-corrected chi connectivity index (χ3v) is 6.43. The van der Waals surface area contributed by atoms with E-state index in [2.05, 4.69) is 63.0 Å². The van der Waals surface area contributed by atoms with E-state index in [9.17, 15) is 0 Å². The molecular formula is C9H6BrIS2. The summed E-state index contributed by atoms with van der Waals surface area (Å²) in [7, 11) is 0. The van der Waals surface area contributed by atoms with Crippen molar-refractivity contribution in [3.63, 3.8) is 0 Å². The highest BCUT2D eigenvalue weighted by molar-refractivity contribution is 14.1. The molecule has 0 saturated carbocycles. The molecule has 0 bridgehead atoms. The molecule has 0 unspecified atom stereocenters. The van der Waals surface area contributed by atoms with Crippen molar-refractivity contribution in [1.29, 1.82) is 0 Å². The smallest absolute Gasteiger partial charge is 0.0608 e. The maximum atomic E-state index is 3.61. The zero-order valence-electron chi connectivity index (χ0n) is 6.80. The van der Waals surface area contributed by atoms with Crippen molar-refractivity contribution < 1.29 is 0 Å². The van der Waals surface area contributed by atoms with Crippen LogP contribution in [0.2, 0.25) is 0 Å². The van der Waals surface area contributed by atoms with Gasteiger partial charge in [-0.25, -0.2) is 0 Å². The first-order chi connectivity index (χ1) is 6.22. The van der Waals surface area contributed by atoms with Crippen molar-refractivity contribution in [3.8, 4) is 0 Å². The molecule has 13 heavy (non-hydrogen) atoms. The van der Waals surface area contributed by atoms with Crippen LogP contribution in [0.15, 0.2) is 26.9 Å². The minimum Gasteiger partial charge on any atom is -0.129 e. The van der Waals surface area contributed by atoms with Gasteiger partial charge in [-0.2, -0.15) is 0 Å². The first-order valence-electron chi connectivity index (χ1n) is 3.64. The summed E-state index contributed by atoms with van der Waals surface area (Å²) in [5.41, 5.74) is 0. The van der Waals surface area contributed by atoms with E-state index in [0.29, 0.717) is 0 Å². The van der Waals surface area contributed by atoms with E-state index < -0.39 is 0 Å². The Morgan fingerprint density at radius 2 is 2.23 bits per heavy atom. The molecule has 0 aliphatic carbocycles. The largest absolute Gasteiger partial charge is 0.129 e. The van der Waals surface area contributed by atoms with E-state index in [1.165, 1.54) is 22.3 Å².